The summed E-state index contributed by atoms with van der Waals surface area (Å²) in [5, 5.41) is 0. The minimum atomic E-state index is -3.49. The summed E-state index contributed by atoms with van der Waals surface area (Å²) in [4.78, 5) is -3.49. The number of hydrogen-bond acceptors (Lipinski definition) is 3. The van der Waals surface area contributed by atoms with Crippen molar-refractivity contribution in [2.24, 2.45) is 0 Å². The first kappa shape index (κ1) is 17.1. The molecule has 3 nitrogen and oxygen atoms in total. The van der Waals surface area contributed by atoms with Gasteiger partial charge in [-0.15, -0.1) is 0 Å². The molecule has 0 bridgehead atoms. The second-order valence-electron chi connectivity index (χ2n) is 5.36. The molecule has 0 heterocycles. The molecule has 0 aliphatic rings. The molecule has 124 valence electrons. The number of hydrogen-bond donors (Lipinski definition) is 0. The average Bonchev–Trinajstić information content (AvgIpc) is 2.56. The predicted octanol–water partition coefficient (Wildman–Crippen LogP) is 6.50. The van der Waals surface area contributed by atoms with E-state index < -0.39 is 4.93 Å². The minimum absolute atomic E-state index is 0.707. The molecule has 0 radical (unpaired) electrons. The summed E-state index contributed by atoms with van der Waals surface area (Å²) < 4.78 is 18.8. The zero-order valence-electron chi connectivity index (χ0n) is 13.2. The van der Waals surface area contributed by atoms with Crippen LogP contribution in [-0.4, -0.2) is 6.66 Å². The number of para-hydroxylation sites is 3. The Labute approximate surface area is 155 Å². The van der Waals surface area contributed by atoms with Crippen molar-refractivity contribution >= 4 is 27.0 Å². The van der Waals surface area contributed by atoms with Crippen LogP contribution in [0, 0.1) is 0 Å². The van der Waals surface area contributed by atoms with E-state index in [4.69, 9.17) is 13.6 Å². The van der Waals surface area contributed by atoms with Gasteiger partial charge in [0.15, 0.2) is 0 Å². The second kappa shape index (κ2) is 6.99. The van der Waals surface area contributed by atoms with Crippen molar-refractivity contribution in [1.82, 2.24) is 0 Å². The number of benzene rings is 3. The van der Waals surface area contributed by atoms with Gasteiger partial charge in [0.1, 0.15) is 0 Å². The Morgan fingerprint density at radius 1 is 0.542 bits per heavy atom. The van der Waals surface area contributed by atoms with Gasteiger partial charge in [0, 0.05) is 0 Å². The van der Waals surface area contributed by atoms with Crippen LogP contribution in [0.3, 0.4) is 0 Å². The summed E-state index contributed by atoms with van der Waals surface area (Å²) in [6, 6.07) is 28.8. The van der Waals surface area contributed by atoms with E-state index in [1.807, 2.05) is 97.7 Å². The van der Waals surface area contributed by atoms with Crippen LogP contribution in [0.25, 0.3) is 0 Å². The number of rotatable bonds is 6. The zero-order valence-corrected chi connectivity index (χ0v) is 16.3. The second-order valence-corrected chi connectivity index (χ2v) is 14.6. The zero-order chi connectivity index (χ0) is 16.9. The van der Waals surface area contributed by atoms with Gasteiger partial charge in [-0.25, -0.2) is 0 Å². The Morgan fingerprint density at radius 2 is 0.792 bits per heavy atom. The van der Waals surface area contributed by atoms with Crippen molar-refractivity contribution in [3.05, 3.63) is 91.0 Å². The summed E-state index contributed by atoms with van der Waals surface area (Å²) in [5.74, 6) is 2.12. The van der Waals surface area contributed by atoms with E-state index in [1.54, 1.807) is 0 Å². The number of halogens is 1. The Kier molecular flexibility index (Phi) is 4.97. The van der Waals surface area contributed by atoms with Gasteiger partial charge in [-0.1, -0.05) is 0 Å². The molecule has 0 unspecified atom stereocenters. The monoisotopic (exact) mass is 452 g/mol. The third kappa shape index (κ3) is 4.62. The third-order valence-electron chi connectivity index (χ3n) is 3.15. The van der Waals surface area contributed by atoms with Crippen LogP contribution in [0.5, 0.6) is 17.2 Å². The third-order valence-corrected chi connectivity index (χ3v) is 6.75. The quantitative estimate of drug-likeness (QED) is 0.316. The summed E-state index contributed by atoms with van der Waals surface area (Å²) in [6.45, 7) is 1.89. The molecule has 0 N–H and O–H groups in total. The topological polar surface area (TPSA) is 27.7 Å². The summed E-state index contributed by atoms with van der Waals surface area (Å²) in [5.41, 5.74) is 0. The van der Waals surface area contributed by atoms with Gasteiger partial charge >= 0.3 is 155 Å². The molecule has 0 saturated heterocycles. The van der Waals surface area contributed by atoms with Gasteiger partial charge in [0.25, 0.3) is 0 Å². The van der Waals surface area contributed by atoms with Crippen molar-refractivity contribution < 1.29 is 13.6 Å². The molecule has 0 aromatic heterocycles. The van der Waals surface area contributed by atoms with E-state index in [0.717, 1.165) is 0 Å². The van der Waals surface area contributed by atoms with Gasteiger partial charge in [0.2, 0.25) is 0 Å². The van der Waals surface area contributed by atoms with Crippen LogP contribution >= 0.6 is 27.0 Å². The SMILES string of the molecule is CP(I)(Oc1ccccc1)(Oc1ccccc1)Oc1ccccc1. The molecule has 3 aromatic carbocycles. The van der Waals surface area contributed by atoms with Gasteiger partial charge in [-0.3, -0.25) is 0 Å². The van der Waals surface area contributed by atoms with Crippen LogP contribution in [0.15, 0.2) is 91.0 Å². The summed E-state index contributed by atoms with van der Waals surface area (Å²) in [7, 11) is 0. The van der Waals surface area contributed by atoms with Crippen LogP contribution in [0.2, 0.25) is 0 Å². The van der Waals surface area contributed by atoms with E-state index >= 15 is 0 Å². The van der Waals surface area contributed by atoms with E-state index in [2.05, 4.69) is 22.0 Å². The molecule has 0 saturated carbocycles. The Bertz CT molecular complexity index is 671. The normalized spacial score (nSPS) is 12.7. The molecule has 3 rings (SSSR count). The molecule has 24 heavy (non-hydrogen) atoms. The first-order chi connectivity index (χ1) is 11.5. The van der Waals surface area contributed by atoms with E-state index in [-0.39, 0.29) is 0 Å². The van der Waals surface area contributed by atoms with Crippen molar-refractivity contribution in [3.63, 3.8) is 0 Å². The predicted molar refractivity (Wildman–Crippen MR) is 108 cm³/mol. The van der Waals surface area contributed by atoms with Crippen molar-refractivity contribution in [3.8, 4) is 17.2 Å². The Morgan fingerprint density at radius 3 is 1.04 bits per heavy atom. The van der Waals surface area contributed by atoms with Gasteiger partial charge < -0.3 is 0 Å². The molecule has 3 aromatic rings. The fourth-order valence-electron chi connectivity index (χ4n) is 2.19. The van der Waals surface area contributed by atoms with Crippen LogP contribution in [0.1, 0.15) is 0 Å². The maximum absolute atomic E-state index is 6.27. The molecule has 5 heteroatoms. The van der Waals surface area contributed by atoms with Gasteiger partial charge in [-0.2, -0.15) is 0 Å². The molecular weight excluding hydrogens is 434 g/mol. The maximum atomic E-state index is 6.27. The molecule has 0 spiro atoms. The van der Waals surface area contributed by atoms with Crippen molar-refractivity contribution in [2.75, 3.05) is 6.66 Å². The molecule has 0 amide bonds. The van der Waals surface area contributed by atoms with Gasteiger partial charge in [0.05, 0.1) is 0 Å². The van der Waals surface area contributed by atoms with E-state index in [9.17, 15) is 0 Å². The van der Waals surface area contributed by atoms with E-state index in [0.29, 0.717) is 17.2 Å². The fourth-order valence-corrected chi connectivity index (χ4v) is 6.11. The average molecular weight is 452 g/mol. The summed E-state index contributed by atoms with van der Waals surface area (Å²) in [6.07, 6.45) is 0. The van der Waals surface area contributed by atoms with Crippen molar-refractivity contribution in [1.29, 1.82) is 0 Å². The van der Waals surface area contributed by atoms with Crippen LogP contribution < -0.4 is 13.6 Å². The first-order valence-corrected chi connectivity index (χ1v) is 12.7. The standard InChI is InChI=1S/C19H18IO3P/c1-24(20,21-17-11-5-2-6-12-17,22-18-13-7-3-8-14-18)23-19-15-9-4-10-16-19/h2-16H,1H3. The molecule has 0 aliphatic carbocycles. The van der Waals surface area contributed by atoms with Crippen molar-refractivity contribution in [2.45, 2.75) is 0 Å². The molecular formula is C19H18IO3P. The van der Waals surface area contributed by atoms with Crippen LogP contribution in [-0.2, 0) is 0 Å². The Hall–Kier alpha value is -1.78. The molecule has 0 fully saturated rings. The van der Waals surface area contributed by atoms with Gasteiger partial charge in [-0.05, 0) is 0 Å². The Balaban J connectivity index is 1.95. The van der Waals surface area contributed by atoms with E-state index in [1.165, 1.54) is 0 Å². The summed E-state index contributed by atoms with van der Waals surface area (Å²) >= 11 is 2.18. The first-order valence-electron chi connectivity index (χ1n) is 7.51. The molecule has 0 atom stereocenters. The van der Waals surface area contributed by atoms with Crippen LogP contribution in [0.4, 0.5) is 0 Å². The fraction of sp³-hybridized carbons (Fsp3) is 0.0526. The molecule has 0 aliphatic heterocycles.